The standard InChI is InChI=1S/C17H23N7O2S/c18-16(20-9-6-14-2-4-15(5-3-14)27(19,25)26)23-10-12-24(13-11-23)17-21-7-1-8-22-17/h1-5,7-8H,6,9-13H2,(H2,18,20)(H2,19,25,26). The van der Waals surface area contributed by atoms with E-state index in [1.54, 1.807) is 30.6 Å². The Morgan fingerprint density at radius 2 is 1.70 bits per heavy atom. The molecule has 10 heteroatoms. The summed E-state index contributed by atoms with van der Waals surface area (Å²) in [6.45, 7) is 3.63. The zero-order chi connectivity index (χ0) is 19.3. The molecule has 0 atom stereocenters. The average molecular weight is 389 g/mol. The SMILES string of the molecule is NC(=NCCc1ccc(S(N)(=O)=O)cc1)N1CCN(c2ncccn2)CC1. The summed E-state index contributed by atoms with van der Waals surface area (Å²) in [5, 5.41) is 5.09. The first-order chi connectivity index (χ1) is 12.9. The van der Waals surface area contributed by atoms with Gasteiger partial charge in [0.05, 0.1) is 4.90 Å². The zero-order valence-electron chi connectivity index (χ0n) is 14.9. The Balaban J connectivity index is 1.49. The van der Waals surface area contributed by atoms with Crippen molar-refractivity contribution in [3.63, 3.8) is 0 Å². The minimum absolute atomic E-state index is 0.106. The van der Waals surface area contributed by atoms with Crippen molar-refractivity contribution in [2.24, 2.45) is 15.9 Å². The molecular weight excluding hydrogens is 366 g/mol. The Hall–Kier alpha value is -2.72. The topological polar surface area (TPSA) is 131 Å². The van der Waals surface area contributed by atoms with Crippen LogP contribution in [0.2, 0.25) is 0 Å². The summed E-state index contributed by atoms with van der Waals surface area (Å²) in [6.07, 6.45) is 4.14. The summed E-state index contributed by atoms with van der Waals surface area (Å²) >= 11 is 0. The van der Waals surface area contributed by atoms with Crippen LogP contribution >= 0.6 is 0 Å². The highest BCUT2D eigenvalue weighted by molar-refractivity contribution is 7.89. The molecule has 0 amide bonds. The van der Waals surface area contributed by atoms with Crippen molar-refractivity contribution in [2.75, 3.05) is 37.6 Å². The van der Waals surface area contributed by atoms with Crippen LogP contribution in [0.4, 0.5) is 5.95 Å². The molecule has 1 saturated heterocycles. The molecule has 27 heavy (non-hydrogen) atoms. The van der Waals surface area contributed by atoms with Crippen LogP contribution < -0.4 is 15.8 Å². The second kappa shape index (κ2) is 8.31. The molecule has 1 fully saturated rings. The van der Waals surface area contributed by atoms with E-state index in [-0.39, 0.29) is 4.90 Å². The van der Waals surface area contributed by atoms with Crippen LogP contribution in [0.5, 0.6) is 0 Å². The van der Waals surface area contributed by atoms with Gasteiger partial charge in [-0.25, -0.2) is 23.5 Å². The van der Waals surface area contributed by atoms with Crippen molar-refractivity contribution in [3.8, 4) is 0 Å². The molecular formula is C17H23N7O2S. The molecule has 1 aliphatic rings. The quantitative estimate of drug-likeness (QED) is 0.535. The fourth-order valence-corrected chi connectivity index (χ4v) is 3.35. The maximum absolute atomic E-state index is 11.3. The fourth-order valence-electron chi connectivity index (χ4n) is 2.84. The number of primary sulfonamides is 1. The van der Waals surface area contributed by atoms with Crippen LogP contribution in [0.3, 0.4) is 0 Å². The lowest BCUT2D eigenvalue weighted by molar-refractivity contribution is 0.378. The number of nitrogens with zero attached hydrogens (tertiary/aromatic N) is 5. The van der Waals surface area contributed by atoms with Crippen molar-refractivity contribution in [3.05, 3.63) is 48.3 Å². The van der Waals surface area contributed by atoms with Gasteiger partial charge in [0.15, 0.2) is 5.96 Å². The Morgan fingerprint density at radius 3 is 2.30 bits per heavy atom. The smallest absolute Gasteiger partial charge is 0.238 e. The van der Waals surface area contributed by atoms with Crippen molar-refractivity contribution in [2.45, 2.75) is 11.3 Å². The van der Waals surface area contributed by atoms with Gasteiger partial charge in [-0.15, -0.1) is 0 Å². The summed E-state index contributed by atoms with van der Waals surface area (Å²) in [6, 6.07) is 8.28. The van der Waals surface area contributed by atoms with E-state index in [2.05, 4.69) is 19.9 Å². The Morgan fingerprint density at radius 1 is 1.07 bits per heavy atom. The number of anilines is 1. The van der Waals surface area contributed by atoms with Gasteiger partial charge >= 0.3 is 0 Å². The Labute approximate surface area is 158 Å². The largest absolute Gasteiger partial charge is 0.370 e. The summed E-state index contributed by atoms with van der Waals surface area (Å²) in [5.74, 6) is 1.25. The molecule has 1 aromatic carbocycles. The molecule has 2 heterocycles. The molecule has 1 aromatic heterocycles. The minimum Gasteiger partial charge on any atom is -0.370 e. The van der Waals surface area contributed by atoms with E-state index in [9.17, 15) is 8.42 Å². The number of aromatic nitrogens is 2. The average Bonchev–Trinajstić information content (AvgIpc) is 2.68. The van der Waals surface area contributed by atoms with Gasteiger partial charge in [-0.05, 0) is 30.2 Å². The maximum Gasteiger partial charge on any atom is 0.238 e. The summed E-state index contributed by atoms with van der Waals surface area (Å²) in [4.78, 5) is 17.2. The van der Waals surface area contributed by atoms with Gasteiger partial charge in [0.2, 0.25) is 16.0 Å². The van der Waals surface area contributed by atoms with E-state index < -0.39 is 10.0 Å². The van der Waals surface area contributed by atoms with Crippen LogP contribution in [-0.4, -0.2) is 62.0 Å². The Bertz CT molecular complexity index is 877. The molecule has 1 aliphatic heterocycles. The van der Waals surface area contributed by atoms with Crippen molar-refractivity contribution >= 4 is 21.9 Å². The molecule has 0 aliphatic carbocycles. The normalized spacial score (nSPS) is 15.8. The monoisotopic (exact) mass is 389 g/mol. The lowest BCUT2D eigenvalue weighted by Crippen LogP contribution is -2.51. The van der Waals surface area contributed by atoms with Crippen molar-refractivity contribution in [1.29, 1.82) is 0 Å². The Kier molecular flexibility index (Phi) is 5.87. The number of aliphatic imine (C=N–C) groups is 1. The van der Waals surface area contributed by atoms with Gasteiger partial charge in [-0.2, -0.15) is 0 Å². The van der Waals surface area contributed by atoms with E-state index in [1.165, 1.54) is 12.1 Å². The number of rotatable bonds is 5. The maximum atomic E-state index is 11.3. The number of benzene rings is 1. The molecule has 144 valence electrons. The lowest BCUT2D eigenvalue weighted by atomic mass is 10.1. The number of piperazine rings is 1. The zero-order valence-corrected chi connectivity index (χ0v) is 15.7. The van der Waals surface area contributed by atoms with E-state index in [0.29, 0.717) is 18.9 Å². The minimum atomic E-state index is -3.66. The summed E-state index contributed by atoms with van der Waals surface area (Å²) in [5.41, 5.74) is 7.09. The van der Waals surface area contributed by atoms with Gasteiger partial charge in [0.1, 0.15) is 0 Å². The van der Waals surface area contributed by atoms with E-state index in [4.69, 9.17) is 10.9 Å². The van der Waals surface area contributed by atoms with Gasteiger partial charge in [-0.3, -0.25) is 4.99 Å². The highest BCUT2D eigenvalue weighted by Gasteiger charge is 2.19. The number of guanidine groups is 1. The van der Waals surface area contributed by atoms with E-state index in [1.807, 2.05) is 4.90 Å². The molecule has 0 saturated carbocycles. The number of sulfonamides is 1. The van der Waals surface area contributed by atoms with Gasteiger partial charge in [0, 0.05) is 45.1 Å². The van der Waals surface area contributed by atoms with Gasteiger partial charge in [-0.1, -0.05) is 12.1 Å². The third-order valence-electron chi connectivity index (χ3n) is 4.36. The fraction of sp³-hybridized carbons (Fsp3) is 0.353. The van der Waals surface area contributed by atoms with Crippen LogP contribution in [0.15, 0.2) is 52.6 Å². The van der Waals surface area contributed by atoms with Crippen molar-refractivity contribution < 1.29 is 8.42 Å². The highest BCUT2D eigenvalue weighted by Crippen LogP contribution is 2.11. The second-order valence-corrected chi connectivity index (χ2v) is 7.76. The van der Waals surface area contributed by atoms with Gasteiger partial charge < -0.3 is 15.5 Å². The molecule has 0 radical (unpaired) electrons. The molecule has 0 bridgehead atoms. The lowest BCUT2D eigenvalue weighted by Gasteiger charge is -2.35. The van der Waals surface area contributed by atoms with Gasteiger partial charge in [0.25, 0.3) is 0 Å². The van der Waals surface area contributed by atoms with Crippen LogP contribution in [0, 0.1) is 0 Å². The summed E-state index contributed by atoms with van der Waals surface area (Å²) in [7, 11) is -3.66. The van der Waals surface area contributed by atoms with E-state index in [0.717, 1.165) is 37.7 Å². The number of hydrogen-bond acceptors (Lipinski definition) is 6. The predicted octanol–water partition coefficient (Wildman–Crippen LogP) is -0.197. The van der Waals surface area contributed by atoms with Crippen molar-refractivity contribution in [1.82, 2.24) is 14.9 Å². The third kappa shape index (κ3) is 5.14. The molecule has 9 nitrogen and oxygen atoms in total. The molecule has 0 spiro atoms. The van der Waals surface area contributed by atoms with Crippen LogP contribution in [0.1, 0.15) is 5.56 Å². The first-order valence-electron chi connectivity index (χ1n) is 8.62. The second-order valence-electron chi connectivity index (χ2n) is 6.20. The van der Waals surface area contributed by atoms with Crippen LogP contribution in [0.25, 0.3) is 0 Å². The van der Waals surface area contributed by atoms with Crippen LogP contribution in [-0.2, 0) is 16.4 Å². The molecule has 4 N–H and O–H groups in total. The summed E-state index contributed by atoms with van der Waals surface area (Å²) < 4.78 is 22.5. The first kappa shape index (κ1) is 19.1. The number of nitrogens with two attached hydrogens (primary N) is 2. The number of hydrogen-bond donors (Lipinski definition) is 2. The highest BCUT2D eigenvalue weighted by atomic mass is 32.2. The molecule has 2 aromatic rings. The first-order valence-corrected chi connectivity index (χ1v) is 10.2. The molecule has 3 rings (SSSR count). The van der Waals surface area contributed by atoms with E-state index >= 15 is 0 Å². The third-order valence-corrected chi connectivity index (χ3v) is 5.29. The predicted molar refractivity (Wildman–Crippen MR) is 104 cm³/mol. The molecule has 0 unspecified atom stereocenters.